The Hall–Kier alpha value is -2.26. The molecule has 1 fully saturated rings. The number of nitrogens with two attached hydrogens (primary N) is 1. The summed E-state index contributed by atoms with van der Waals surface area (Å²) in [4.78, 5) is 19.0. The number of piperidine rings is 1. The van der Waals surface area contributed by atoms with Crippen LogP contribution in [0, 0.1) is 5.92 Å². The van der Waals surface area contributed by atoms with Crippen LogP contribution in [0.4, 0.5) is 11.9 Å². The van der Waals surface area contributed by atoms with Gasteiger partial charge in [-0.1, -0.05) is 6.92 Å². The molecule has 9 heteroatoms. The molecular weight excluding hydrogens is 272 g/mol. The summed E-state index contributed by atoms with van der Waals surface area (Å²) in [5.41, 5.74) is 2.46. The zero-order valence-corrected chi connectivity index (χ0v) is 11.7. The maximum atomic E-state index is 9.82. The third kappa shape index (κ3) is 2.78. The first-order valence-electron chi connectivity index (χ1n) is 6.81. The lowest BCUT2D eigenvalue weighted by Crippen LogP contribution is -2.43. The van der Waals surface area contributed by atoms with Crippen molar-refractivity contribution in [3.63, 3.8) is 0 Å². The molecule has 2 unspecified atom stereocenters. The first-order chi connectivity index (χ1) is 10.2. The van der Waals surface area contributed by atoms with E-state index in [1.165, 1.54) is 0 Å². The Morgan fingerprint density at radius 3 is 2.81 bits per heavy atom. The van der Waals surface area contributed by atoms with Crippen LogP contribution < -0.4 is 16.2 Å². The minimum absolute atomic E-state index is 0.168. The van der Waals surface area contributed by atoms with E-state index in [1.807, 2.05) is 11.8 Å². The number of nitrogens with one attached hydrogen (secondary N) is 1. The molecule has 21 heavy (non-hydrogen) atoms. The van der Waals surface area contributed by atoms with E-state index in [-0.39, 0.29) is 12.0 Å². The van der Waals surface area contributed by atoms with Gasteiger partial charge in [0, 0.05) is 25.5 Å². The molecule has 0 aromatic carbocycles. The van der Waals surface area contributed by atoms with Gasteiger partial charge in [-0.25, -0.2) is 10.8 Å². The summed E-state index contributed by atoms with van der Waals surface area (Å²) in [7, 11) is 0. The van der Waals surface area contributed by atoms with E-state index in [0.717, 1.165) is 0 Å². The van der Waals surface area contributed by atoms with Gasteiger partial charge in [0.05, 0.1) is 6.10 Å². The minimum Gasteiger partial charge on any atom is -0.393 e. The quantitative estimate of drug-likeness (QED) is 0.514. The Bertz CT molecular complexity index is 601. The summed E-state index contributed by atoms with van der Waals surface area (Å²) in [5, 5.41) is 9.82. The molecule has 0 bridgehead atoms. The van der Waals surface area contributed by atoms with Gasteiger partial charge in [-0.15, -0.1) is 0 Å². The Labute approximate surface area is 121 Å². The second kappa shape index (κ2) is 5.62. The molecule has 3 heterocycles. The van der Waals surface area contributed by atoms with Gasteiger partial charge in [0.2, 0.25) is 17.8 Å². The lowest BCUT2D eigenvalue weighted by Gasteiger charge is -2.34. The van der Waals surface area contributed by atoms with Crippen molar-refractivity contribution in [3.8, 4) is 5.95 Å². The van der Waals surface area contributed by atoms with E-state index in [1.54, 1.807) is 23.3 Å². The van der Waals surface area contributed by atoms with Crippen molar-refractivity contribution in [2.75, 3.05) is 23.4 Å². The average molecular weight is 290 g/mol. The normalized spacial score (nSPS) is 22.3. The van der Waals surface area contributed by atoms with Crippen molar-refractivity contribution in [2.24, 2.45) is 11.8 Å². The van der Waals surface area contributed by atoms with E-state index in [2.05, 4.69) is 25.4 Å². The maximum absolute atomic E-state index is 9.82. The van der Waals surface area contributed by atoms with Crippen molar-refractivity contribution in [3.05, 3.63) is 18.7 Å². The number of hydrogen-bond acceptors (Lipinski definition) is 8. The van der Waals surface area contributed by atoms with Crippen molar-refractivity contribution in [1.29, 1.82) is 0 Å². The van der Waals surface area contributed by atoms with Crippen LogP contribution in [0.2, 0.25) is 0 Å². The molecule has 0 radical (unpaired) electrons. The number of imidazole rings is 1. The van der Waals surface area contributed by atoms with Crippen molar-refractivity contribution < 1.29 is 5.11 Å². The molecule has 112 valence electrons. The molecular formula is C12H18N8O. The number of aromatic nitrogens is 5. The minimum atomic E-state index is -0.275. The van der Waals surface area contributed by atoms with E-state index >= 15 is 0 Å². The number of nitrogen functional groups attached to an aromatic ring is 1. The molecule has 0 spiro atoms. The molecule has 0 aliphatic carbocycles. The van der Waals surface area contributed by atoms with Crippen LogP contribution in [-0.4, -0.2) is 48.8 Å². The number of hydrogen-bond donors (Lipinski definition) is 3. The lowest BCUT2D eigenvalue weighted by molar-refractivity contribution is 0.0966. The van der Waals surface area contributed by atoms with E-state index in [4.69, 9.17) is 5.84 Å². The first kappa shape index (κ1) is 13.7. The van der Waals surface area contributed by atoms with Crippen LogP contribution in [0.5, 0.6) is 0 Å². The van der Waals surface area contributed by atoms with Crippen molar-refractivity contribution in [2.45, 2.75) is 19.4 Å². The topological polar surface area (TPSA) is 118 Å². The van der Waals surface area contributed by atoms with E-state index < -0.39 is 0 Å². The summed E-state index contributed by atoms with van der Waals surface area (Å²) in [6.07, 6.45) is 5.43. The molecule has 4 N–H and O–H groups in total. The van der Waals surface area contributed by atoms with Gasteiger partial charge in [-0.2, -0.15) is 15.0 Å². The van der Waals surface area contributed by atoms with Gasteiger partial charge >= 0.3 is 0 Å². The van der Waals surface area contributed by atoms with Gasteiger partial charge in [-0.05, 0) is 12.3 Å². The predicted octanol–water partition coefficient (Wildman–Crippen LogP) is -0.450. The third-order valence-corrected chi connectivity index (χ3v) is 3.62. The highest BCUT2D eigenvalue weighted by Crippen LogP contribution is 2.21. The maximum Gasteiger partial charge on any atom is 0.243 e. The van der Waals surface area contributed by atoms with E-state index in [9.17, 15) is 5.11 Å². The molecule has 2 atom stereocenters. The second-order valence-electron chi connectivity index (χ2n) is 5.15. The highest BCUT2D eigenvalue weighted by Gasteiger charge is 2.26. The van der Waals surface area contributed by atoms with Crippen molar-refractivity contribution >= 4 is 11.9 Å². The van der Waals surface area contributed by atoms with Gasteiger partial charge in [0.25, 0.3) is 0 Å². The van der Waals surface area contributed by atoms with Gasteiger partial charge in [-0.3, -0.25) is 9.99 Å². The Balaban J connectivity index is 1.93. The highest BCUT2D eigenvalue weighted by atomic mass is 16.3. The highest BCUT2D eigenvalue weighted by molar-refractivity contribution is 5.40. The summed E-state index contributed by atoms with van der Waals surface area (Å²) >= 11 is 0. The molecule has 1 aliphatic heterocycles. The Morgan fingerprint density at radius 2 is 2.14 bits per heavy atom. The lowest BCUT2D eigenvalue weighted by atomic mass is 9.97. The van der Waals surface area contributed by atoms with Crippen LogP contribution in [0.25, 0.3) is 5.95 Å². The van der Waals surface area contributed by atoms with Crippen LogP contribution >= 0.6 is 0 Å². The fourth-order valence-corrected chi connectivity index (χ4v) is 2.37. The Kier molecular flexibility index (Phi) is 3.67. The van der Waals surface area contributed by atoms with E-state index in [0.29, 0.717) is 37.4 Å². The number of aliphatic hydroxyl groups excluding tert-OH is 1. The standard InChI is InChI=1S/C12H18N8O/c1-8-6-19(4-2-9(8)21)11-15-10(18-13)16-12(17-11)20-5-3-14-7-20/h3,5,7-9,21H,2,4,6,13H2,1H3,(H,15,16,17,18). The summed E-state index contributed by atoms with van der Waals surface area (Å²) in [6.45, 7) is 3.40. The molecule has 0 saturated carbocycles. The number of anilines is 2. The fraction of sp³-hybridized carbons (Fsp3) is 0.500. The van der Waals surface area contributed by atoms with Crippen LogP contribution in [0.15, 0.2) is 18.7 Å². The summed E-state index contributed by atoms with van der Waals surface area (Å²) in [5.74, 6) is 6.89. The molecule has 3 rings (SSSR count). The predicted molar refractivity (Wildman–Crippen MR) is 76.8 cm³/mol. The third-order valence-electron chi connectivity index (χ3n) is 3.62. The fourth-order valence-electron chi connectivity index (χ4n) is 2.37. The Morgan fingerprint density at radius 1 is 1.33 bits per heavy atom. The first-order valence-corrected chi connectivity index (χ1v) is 6.81. The van der Waals surface area contributed by atoms with Crippen LogP contribution in [0.3, 0.4) is 0 Å². The number of hydrazine groups is 1. The van der Waals surface area contributed by atoms with Gasteiger partial charge in [0.15, 0.2) is 0 Å². The molecule has 0 amide bonds. The molecule has 2 aromatic heterocycles. The molecule has 2 aromatic rings. The zero-order valence-electron chi connectivity index (χ0n) is 11.7. The second-order valence-corrected chi connectivity index (χ2v) is 5.15. The average Bonchev–Trinajstić information content (AvgIpc) is 3.04. The molecule has 1 aliphatic rings. The smallest absolute Gasteiger partial charge is 0.243 e. The molecule has 1 saturated heterocycles. The largest absolute Gasteiger partial charge is 0.393 e. The van der Waals surface area contributed by atoms with Gasteiger partial charge < -0.3 is 10.0 Å². The van der Waals surface area contributed by atoms with Crippen LogP contribution in [0.1, 0.15) is 13.3 Å². The SMILES string of the molecule is CC1CN(c2nc(NN)nc(-n3ccnc3)n2)CCC1O. The monoisotopic (exact) mass is 290 g/mol. The van der Waals surface area contributed by atoms with Crippen molar-refractivity contribution in [1.82, 2.24) is 24.5 Å². The number of rotatable bonds is 3. The summed E-state index contributed by atoms with van der Waals surface area (Å²) < 4.78 is 1.69. The number of nitrogens with zero attached hydrogens (tertiary/aromatic N) is 6. The summed E-state index contributed by atoms with van der Waals surface area (Å²) in [6, 6.07) is 0. The zero-order chi connectivity index (χ0) is 14.8. The number of aliphatic hydroxyl groups is 1. The molecule has 9 nitrogen and oxygen atoms in total. The van der Waals surface area contributed by atoms with Crippen LogP contribution in [-0.2, 0) is 0 Å². The van der Waals surface area contributed by atoms with Gasteiger partial charge in [0.1, 0.15) is 6.33 Å².